The Morgan fingerprint density at radius 3 is 2.74 bits per heavy atom. The molecule has 0 unspecified atom stereocenters. The van der Waals surface area contributed by atoms with E-state index in [1.165, 1.54) is 0 Å². The highest BCUT2D eigenvalue weighted by atomic mass is 35.5. The number of para-hydroxylation sites is 3. The van der Waals surface area contributed by atoms with Crippen LogP contribution in [0.15, 0.2) is 48.5 Å². The number of carbonyl (C=O) groups is 1. The second-order valence-electron chi connectivity index (χ2n) is 6.28. The number of nitrogens with one attached hydrogen (secondary N) is 1. The van der Waals surface area contributed by atoms with Crippen LogP contribution < -0.4 is 10.1 Å². The number of carbonyl (C=O) groups excluding carboxylic acids is 1. The third-order valence-corrected chi connectivity index (χ3v) is 4.68. The molecule has 2 aromatic carbocycles. The molecule has 0 atom stereocenters. The van der Waals surface area contributed by atoms with Crippen molar-refractivity contribution in [1.29, 1.82) is 0 Å². The molecule has 1 aromatic heterocycles. The van der Waals surface area contributed by atoms with Crippen molar-refractivity contribution in [2.45, 2.75) is 39.3 Å². The summed E-state index contributed by atoms with van der Waals surface area (Å²) in [5.74, 6) is 1.63. The van der Waals surface area contributed by atoms with Gasteiger partial charge in [0.2, 0.25) is 5.91 Å². The summed E-state index contributed by atoms with van der Waals surface area (Å²) in [6.07, 6.45) is 2.32. The Hall–Kier alpha value is -2.53. The van der Waals surface area contributed by atoms with Crippen LogP contribution in [0, 0.1) is 0 Å². The van der Waals surface area contributed by atoms with Gasteiger partial charge in [-0.05, 0) is 37.1 Å². The van der Waals surface area contributed by atoms with Crippen molar-refractivity contribution in [3.05, 3.63) is 59.4 Å². The molecule has 0 fully saturated rings. The number of ether oxygens (including phenoxy) is 1. The predicted octanol–water partition coefficient (Wildman–Crippen LogP) is 4.58. The number of unbranched alkanes of at least 4 members (excludes halogenated alkanes) is 1. The number of rotatable bonds is 9. The van der Waals surface area contributed by atoms with E-state index in [4.69, 9.17) is 16.3 Å². The first kappa shape index (κ1) is 19.2. The number of imidazole rings is 1. The zero-order chi connectivity index (χ0) is 19.1. The normalized spacial score (nSPS) is 10.9. The van der Waals surface area contributed by atoms with Crippen molar-refractivity contribution in [3.63, 3.8) is 0 Å². The van der Waals surface area contributed by atoms with Crippen LogP contribution >= 0.6 is 11.6 Å². The standard InChI is InChI=1S/C21H24ClN3O2/c1-2-21(26)23-15-20-24-17-10-4-5-11-18(17)25(20)13-7-8-14-27-19-12-6-3-9-16(19)22/h3-6,9-12H,2,7-8,13-15H2,1H3,(H,23,26). The molecule has 1 amide bonds. The van der Waals surface area contributed by atoms with Crippen LogP contribution in [0.2, 0.25) is 5.02 Å². The molecule has 27 heavy (non-hydrogen) atoms. The molecular formula is C21H24ClN3O2. The molecule has 3 rings (SSSR count). The molecule has 1 heterocycles. The lowest BCUT2D eigenvalue weighted by Gasteiger charge is -2.11. The maximum absolute atomic E-state index is 11.6. The van der Waals surface area contributed by atoms with Crippen LogP contribution in [0.4, 0.5) is 0 Å². The van der Waals surface area contributed by atoms with Gasteiger partial charge in [-0.2, -0.15) is 0 Å². The van der Waals surface area contributed by atoms with Gasteiger partial charge in [0.05, 0.1) is 29.2 Å². The number of hydrogen-bond acceptors (Lipinski definition) is 3. The Morgan fingerprint density at radius 2 is 1.93 bits per heavy atom. The minimum atomic E-state index is 0.0294. The zero-order valence-electron chi connectivity index (χ0n) is 15.5. The molecule has 142 valence electrons. The van der Waals surface area contributed by atoms with E-state index >= 15 is 0 Å². The lowest BCUT2D eigenvalue weighted by atomic mass is 10.3. The lowest BCUT2D eigenvalue weighted by molar-refractivity contribution is -0.120. The average molecular weight is 386 g/mol. The Bertz CT molecular complexity index is 907. The number of aryl methyl sites for hydroxylation is 1. The van der Waals surface area contributed by atoms with Gasteiger partial charge in [0.25, 0.3) is 0 Å². The lowest BCUT2D eigenvalue weighted by Crippen LogP contribution is -2.23. The smallest absolute Gasteiger partial charge is 0.220 e. The van der Waals surface area contributed by atoms with E-state index < -0.39 is 0 Å². The zero-order valence-corrected chi connectivity index (χ0v) is 16.2. The van der Waals surface area contributed by atoms with Crippen LogP contribution in [0.1, 0.15) is 32.0 Å². The van der Waals surface area contributed by atoms with Gasteiger partial charge in [0, 0.05) is 13.0 Å². The van der Waals surface area contributed by atoms with E-state index in [0.717, 1.165) is 42.0 Å². The highest BCUT2D eigenvalue weighted by Crippen LogP contribution is 2.23. The maximum atomic E-state index is 11.6. The molecule has 0 spiro atoms. The van der Waals surface area contributed by atoms with Crippen molar-refractivity contribution in [2.24, 2.45) is 0 Å². The number of fused-ring (bicyclic) bond motifs is 1. The van der Waals surface area contributed by atoms with Gasteiger partial charge in [-0.15, -0.1) is 0 Å². The highest BCUT2D eigenvalue weighted by molar-refractivity contribution is 6.32. The largest absolute Gasteiger partial charge is 0.492 e. The van der Waals surface area contributed by atoms with Crippen molar-refractivity contribution in [3.8, 4) is 5.75 Å². The van der Waals surface area contributed by atoms with E-state index in [0.29, 0.717) is 24.6 Å². The Kier molecular flexibility index (Phi) is 6.71. The summed E-state index contributed by atoms with van der Waals surface area (Å²) in [7, 11) is 0. The number of aromatic nitrogens is 2. The molecule has 0 aliphatic heterocycles. The van der Waals surface area contributed by atoms with E-state index in [9.17, 15) is 4.79 Å². The Balaban J connectivity index is 1.59. The number of nitrogens with zero attached hydrogens (tertiary/aromatic N) is 2. The summed E-state index contributed by atoms with van der Waals surface area (Å²) in [5.41, 5.74) is 2.04. The monoisotopic (exact) mass is 385 g/mol. The third kappa shape index (κ3) is 5.01. The Labute approximate surface area is 164 Å². The molecular weight excluding hydrogens is 362 g/mol. The van der Waals surface area contributed by atoms with Gasteiger partial charge < -0.3 is 14.6 Å². The topological polar surface area (TPSA) is 56.2 Å². The van der Waals surface area contributed by atoms with Gasteiger partial charge in [-0.3, -0.25) is 4.79 Å². The first-order chi connectivity index (χ1) is 13.2. The van der Waals surface area contributed by atoms with E-state index in [2.05, 4.69) is 20.9 Å². The van der Waals surface area contributed by atoms with Crippen LogP contribution in [0.3, 0.4) is 0 Å². The molecule has 0 radical (unpaired) electrons. The molecule has 3 aromatic rings. The molecule has 0 saturated carbocycles. The summed E-state index contributed by atoms with van der Waals surface area (Å²) in [5, 5.41) is 3.55. The van der Waals surface area contributed by atoms with Crippen molar-refractivity contribution in [2.75, 3.05) is 6.61 Å². The minimum Gasteiger partial charge on any atom is -0.492 e. The molecule has 5 nitrogen and oxygen atoms in total. The Morgan fingerprint density at radius 1 is 1.15 bits per heavy atom. The van der Waals surface area contributed by atoms with Crippen molar-refractivity contribution < 1.29 is 9.53 Å². The molecule has 0 saturated heterocycles. The summed E-state index contributed by atoms with van der Waals surface area (Å²) in [6, 6.07) is 15.5. The predicted molar refractivity (Wildman–Crippen MR) is 108 cm³/mol. The van der Waals surface area contributed by atoms with Crippen LogP contribution in [0.5, 0.6) is 5.75 Å². The van der Waals surface area contributed by atoms with Crippen LogP contribution in [0.25, 0.3) is 11.0 Å². The maximum Gasteiger partial charge on any atom is 0.220 e. The quantitative estimate of drug-likeness (QED) is 0.549. The average Bonchev–Trinajstić information content (AvgIpc) is 3.05. The second-order valence-corrected chi connectivity index (χ2v) is 6.69. The summed E-state index contributed by atoms with van der Waals surface area (Å²) < 4.78 is 7.93. The van der Waals surface area contributed by atoms with Crippen LogP contribution in [-0.4, -0.2) is 22.1 Å². The van der Waals surface area contributed by atoms with Gasteiger partial charge >= 0.3 is 0 Å². The van der Waals surface area contributed by atoms with Gasteiger partial charge in [-0.25, -0.2) is 4.98 Å². The second kappa shape index (κ2) is 9.42. The fraction of sp³-hybridized carbons (Fsp3) is 0.333. The van der Waals surface area contributed by atoms with E-state index in [-0.39, 0.29) is 5.91 Å². The number of amides is 1. The minimum absolute atomic E-state index is 0.0294. The van der Waals surface area contributed by atoms with Crippen molar-refractivity contribution >= 4 is 28.5 Å². The fourth-order valence-electron chi connectivity index (χ4n) is 2.93. The summed E-state index contributed by atoms with van der Waals surface area (Å²) >= 11 is 6.10. The first-order valence-electron chi connectivity index (χ1n) is 9.27. The van der Waals surface area contributed by atoms with E-state index in [1.54, 1.807) is 0 Å². The third-order valence-electron chi connectivity index (χ3n) is 4.37. The molecule has 0 bridgehead atoms. The van der Waals surface area contributed by atoms with Crippen molar-refractivity contribution in [1.82, 2.24) is 14.9 Å². The summed E-state index contributed by atoms with van der Waals surface area (Å²) in [4.78, 5) is 16.3. The van der Waals surface area contributed by atoms with Gasteiger partial charge in [0.1, 0.15) is 11.6 Å². The van der Waals surface area contributed by atoms with Gasteiger partial charge in [-0.1, -0.05) is 42.8 Å². The molecule has 6 heteroatoms. The summed E-state index contributed by atoms with van der Waals surface area (Å²) in [6.45, 7) is 3.72. The highest BCUT2D eigenvalue weighted by Gasteiger charge is 2.11. The molecule has 1 N–H and O–H groups in total. The SMILES string of the molecule is CCC(=O)NCc1nc2ccccc2n1CCCCOc1ccccc1Cl. The number of hydrogen-bond donors (Lipinski definition) is 1. The van der Waals surface area contributed by atoms with E-state index in [1.807, 2.05) is 49.4 Å². The fourth-order valence-corrected chi connectivity index (χ4v) is 3.12. The number of benzene rings is 2. The van der Waals surface area contributed by atoms with Crippen LogP contribution in [-0.2, 0) is 17.9 Å². The van der Waals surface area contributed by atoms with Gasteiger partial charge in [0.15, 0.2) is 0 Å². The molecule has 0 aliphatic rings. The number of halogens is 1. The first-order valence-corrected chi connectivity index (χ1v) is 9.65. The molecule has 0 aliphatic carbocycles.